The molecule has 9 nitrogen and oxygen atoms in total. The summed E-state index contributed by atoms with van der Waals surface area (Å²) in [6, 6.07) is 5.19. The fraction of sp³-hybridized carbons (Fsp3) is 0.333. The molecule has 2 aromatic heterocycles. The number of piperidine rings is 1. The first-order valence-electron chi connectivity index (χ1n) is 9.97. The maximum Gasteiger partial charge on any atom is 0.246 e. The standard InChI is InChI=1S/C21H24N6O3S/c1-15-3-4-18(30-2)19(11-15)31(28,29)27-9-5-16(6-10-27)17-12-23-14-21(25-17)26-20-13-22-7-8-24-20/h3-4,7-8,11-14,16H,5-6,9-10H2,1-2H3,(H,24,25,26). The molecule has 0 amide bonds. The van der Waals surface area contributed by atoms with Crippen molar-refractivity contribution >= 4 is 21.7 Å². The van der Waals surface area contributed by atoms with Gasteiger partial charge in [0.05, 0.1) is 25.2 Å². The van der Waals surface area contributed by atoms with Gasteiger partial charge in [0, 0.05) is 37.6 Å². The van der Waals surface area contributed by atoms with Crippen LogP contribution in [0.25, 0.3) is 0 Å². The molecule has 162 valence electrons. The lowest BCUT2D eigenvalue weighted by Crippen LogP contribution is -2.38. The second kappa shape index (κ2) is 8.94. The van der Waals surface area contributed by atoms with E-state index in [2.05, 4.69) is 25.3 Å². The summed E-state index contributed by atoms with van der Waals surface area (Å²) in [6.07, 6.45) is 9.49. The lowest BCUT2D eigenvalue weighted by molar-refractivity contribution is 0.314. The molecule has 4 rings (SSSR count). The van der Waals surface area contributed by atoms with Crippen LogP contribution in [0.1, 0.15) is 30.0 Å². The number of methoxy groups -OCH3 is 1. The highest BCUT2D eigenvalue weighted by Gasteiger charge is 2.32. The van der Waals surface area contributed by atoms with Crippen LogP contribution in [-0.4, -0.2) is 52.9 Å². The first kappa shape index (κ1) is 21.1. The predicted octanol–water partition coefficient (Wildman–Crippen LogP) is 2.90. The SMILES string of the molecule is COc1ccc(C)cc1S(=O)(=O)N1CCC(c2cncc(Nc3cnccn3)n2)CC1. The minimum atomic E-state index is -3.64. The number of sulfonamides is 1. The number of nitrogens with zero attached hydrogens (tertiary/aromatic N) is 5. The van der Waals surface area contributed by atoms with Crippen molar-refractivity contribution in [3.63, 3.8) is 0 Å². The second-order valence-corrected chi connectivity index (χ2v) is 9.28. The molecule has 1 N–H and O–H groups in total. The van der Waals surface area contributed by atoms with Gasteiger partial charge in [0.15, 0.2) is 0 Å². The minimum absolute atomic E-state index is 0.127. The Morgan fingerprint density at radius 3 is 2.55 bits per heavy atom. The number of hydrogen-bond donors (Lipinski definition) is 1. The molecule has 31 heavy (non-hydrogen) atoms. The van der Waals surface area contributed by atoms with Crippen molar-refractivity contribution in [2.45, 2.75) is 30.6 Å². The fourth-order valence-corrected chi connectivity index (χ4v) is 5.36. The van der Waals surface area contributed by atoms with E-state index in [4.69, 9.17) is 4.74 Å². The number of hydrogen-bond acceptors (Lipinski definition) is 8. The maximum atomic E-state index is 13.2. The van der Waals surface area contributed by atoms with E-state index >= 15 is 0 Å². The Morgan fingerprint density at radius 2 is 1.84 bits per heavy atom. The molecule has 0 unspecified atom stereocenters. The van der Waals surface area contributed by atoms with E-state index in [-0.39, 0.29) is 10.8 Å². The number of rotatable bonds is 6. The molecule has 1 aliphatic rings. The average Bonchev–Trinajstić information content (AvgIpc) is 2.80. The lowest BCUT2D eigenvalue weighted by Gasteiger charge is -2.31. The van der Waals surface area contributed by atoms with E-state index in [1.807, 2.05) is 13.0 Å². The fourth-order valence-electron chi connectivity index (χ4n) is 3.65. The van der Waals surface area contributed by atoms with Crippen LogP contribution in [0.3, 0.4) is 0 Å². The zero-order chi connectivity index (χ0) is 21.8. The van der Waals surface area contributed by atoms with Crippen molar-refractivity contribution in [3.8, 4) is 5.75 Å². The largest absolute Gasteiger partial charge is 0.495 e. The molecule has 0 spiro atoms. The number of aromatic nitrogens is 4. The van der Waals surface area contributed by atoms with Crippen LogP contribution in [-0.2, 0) is 10.0 Å². The Kier molecular flexibility index (Phi) is 6.10. The summed E-state index contributed by atoms with van der Waals surface area (Å²) < 4.78 is 33.2. The van der Waals surface area contributed by atoms with Gasteiger partial charge >= 0.3 is 0 Å². The maximum absolute atomic E-state index is 13.2. The molecular weight excluding hydrogens is 416 g/mol. The highest BCUT2D eigenvalue weighted by atomic mass is 32.2. The van der Waals surface area contributed by atoms with Crippen molar-refractivity contribution in [2.24, 2.45) is 0 Å². The Bertz CT molecular complexity index is 1150. The van der Waals surface area contributed by atoms with Crippen LogP contribution in [0, 0.1) is 6.92 Å². The summed E-state index contributed by atoms with van der Waals surface area (Å²) in [4.78, 5) is 17.3. The van der Waals surface area contributed by atoms with Crippen LogP contribution in [0.2, 0.25) is 0 Å². The normalized spacial score (nSPS) is 15.5. The van der Waals surface area contributed by atoms with Crippen molar-refractivity contribution < 1.29 is 13.2 Å². The van der Waals surface area contributed by atoms with E-state index in [9.17, 15) is 8.42 Å². The topological polar surface area (TPSA) is 110 Å². The molecule has 10 heteroatoms. The summed E-state index contributed by atoms with van der Waals surface area (Å²) in [6.45, 7) is 2.69. The average molecular weight is 441 g/mol. The van der Waals surface area contributed by atoms with Crippen molar-refractivity contribution in [2.75, 3.05) is 25.5 Å². The number of benzene rings is 1. The molecule has 1 fully saturated rings. The smallest absolute Gasteiger partial charge is 0.246 e. The Hall–Kier alpha value is -3.11. The number of anilines is 2. The van der Waals surface area contributed by atoms with Gasteiger partial charge < -0.3 is 10.1 Å². The van der Waals surface area contributed by atoms with Gasteiger partial charge in [0.1, 0.15) is 22.3 Å². The predicted molar refractivity (Wildman–Crippen MR) is 116 cm³/mol. The molecular formula is C21H24N6O3S. The van der Waals surface area contributed by atoms with Crippen LogP contribution < -0.4 is 10.1 Å². The molecule has 0 radical (unpaired) electrons. The van der Waals surface area contributed by atoms with Crippen LogP contribution in [0.4, 0.5) is 11.6 Å². The van der Waals surface area contributed by atoms with Crippen LogP contribution in [0.5, 0.6) is 5.75 Å². The lowest BCUT2D eigenvalue weighted by atomic mass is 9.95. The summed E-state index contributed by atoms with van der Waals surface area (Å²) >= 11 is 0. The summed E-state index contributed by atoms with van der Waals surface area (Å²) in [5, 5.41) is 3.09. The number of aryl methyl sites for hydroxylation is 1. The van der Waals surface area contributed by atoms with Crippen molar-refractivity contribution in [1.29, 1.82) is 0 Å². The molecule has 1 aromatic carbocycles. The summed E-state index contributed by atoms with van der Waals surface area (Å²) in [5.41, 5.74) is 1.70. The first-order valence-corrected chi connectivity index (χ1v) is 11.4. The first-order chi connectivity index (χ1) is 15.0. The summed E-state index contributed by atoms with van der Waals surface area (Å²) in [7, 11) is -2.15. The molecule has 1 aliphatic heterocycles. The molecule has 3 heterocycles. The van der Waals surface area contributed by atoms with Crippen molar-refractivity contribution in [1.82, 2.24) is 24.2 Å². The van der Waals surface area contributed by atoms with Gasteiger partial charge in [0.25, 0.3) is 0 Å². The van der Waals surface area contributed by atoms with Gasteiger partial charge in [-0.25, -0.2) is 18.4 Å². The van der Waals surface area contributed by atoms with Gasteiger partial charge in [-0.1, -0.05) is 6.07 Å². The third-order valence-electron chi connectivity index (χ3n) is 5.28. The third kappa shape index (κ3) is 4.64. The highest BCUT2D eigenvalue weighted by molar-refractivity contribution is 7.89. The van der Waals surface area contributed by atoms with E-state index in [0.717, 1.165) is 11.3 Å². The summed E-state index contributed by atoms with van der Waals surface area (Å²) in [5.74, 6) is 1.66. The van der Waals surface area contributed by atoms with Crippen LogP contribution >= 0.6 is 0 Å². The Labute approximate surface area is 181 Å². The second-order valence-electron chi connectivity index (χ2n) is 7.38. The van der Waals surface area contributed by atoms with E-state index in [1.165, 1.54) is 11.4 Å². The third-order valence-corrected chi connectivity index (χ3v) is 7.20. The van der Waals surface area contributed by atoms with E-state index in [0.29, 0.717) is 43.3 Å². The van der Waals surface area contributed by atoms with Crippen LogP contribution in [0.15, 0.2) is 54.1 Å². The molecule has 0 bridgehead atoms. The number of ether oxygens (including phenoxy) is 1. The molecule has 0 atom stereocenters. The Balaban J connectivity index is 1.47. The van der Waals surface area contributed by atoms with Gasteiger partial charge in [0.2, 0.25) is 10.0 Å². The zero-order valence-corrected chi connectivity index (χ0v) is 18.2. The van der Waals surface area contributed by atoms with E-state index < -0.39 is 10.0 Å². The molecule has 1 saturated heterocycles. The Morgan fingerprint density at radius 1 is 1.06 bits per heavy atom. The molecule has 0 saturated carbocycles. The highest BCUT2D eigenvalue weighted by Crippen LogP contribution is 2.33. The van der Waals surface area contributed by atoms with Gasteiger partial charge in [-0.3, -0.25) is 9.97 Å². The van der Waals surface area contributed by atoms with Gasteiger partial charge in [-0.05, 0) is 37.5 Å². The van der Waals surface area contributed by atoms with Gasteiger partial charge in [-0.15, -0.1) is 0 Å². The quantitative estimate of drug-likeness (QED) is 0.623. The minimum Gasteiger partial charge on any atom is -0.495 e. The van der Waals surface area contributed by atoms with E-state index in [1.54, 1.807) is 43.1 Å². The van der Waals surface area contributed by atoms with Gasteiger partial charge in [-0.2, -0.15) is 4.31 Å². The monoisotopic (exact) mass is 440 g/mol. The zero-order valence-electron chi connectivity index (χ0n) is 17.4. The van der Waals surface area contributed by atoms with Crippen molar-refractivity contribution in [3.05, 3.63) is 60.4 Å². The molecule has 3 aromatic rings. The number of nitrogens with one attached hydrogen (secondary N) is 1. The molecule has 0 aliphatic carbocycles.